The van der Waals surface area contributed by atoms with Gasteiger partial charge in [0.1, 0.15) is 12.2 Å². The van der Waals surface area contributed by atoms with Gasteiger partial charge in [0, 0.05) is 12.1 Å². The number of H-pyrrole nitrogens is 1. The van der Waals surface area contributed by atoms with Crippen molar-refractivity contribution in [3.8, 4) is 0 Å². The first kappa shape index (κ1) is 13.5. The summed E-state index contributed by atoms with van der Waals surface area (Å²) >= 11 is 0. The molecule has 4 rings (SSSR count). The number of nitrogens with zero attached hydrogens (tertiary/aromatic N) is 3. The Kier molecular flexibility index (Phi) is 3.20. The van der Waals surface area contributed by atoms with Crippen molar-refractivity contribution in [2.24, 2.45) is 0 Å². The third-order valence-electron chi connectivity index (χ3n) is 4.32. The van der Waals surface area contributed by atoms with Gasteiger partial charge in [-0.2, -0.15) is 5.10 Å². The zero-order chi connectivity index (χ0) is 15.1. The van der Waals surface area contributed by atoms with E-state index in [1.807, 2.05) is 11.0 Å². The summed E-state index contributed by atoms with van der Waals surface area (Å²) in [5, 5.41) is 16.5. The van der Waals surface area contributed by atoms with Crippen LogP contribution >= 0.6 is 0 Å². The fraction of sp³-hybridized carbons (Fsp3) is 0.357. The average molecular weight is 298 g/mol. The van der Waals surface area contributed by atoms with Gasteiger partial charge in [-0.25, -0.2) is 4.98 Å². The maximum Gasteiger partial charge on any atom is 0.491 e. The number of carbonyl (C=O) groups excluding carboxylic acids is 1. The lowest BCUT2D eigenvalue weighted by molar-refractivity contribution is 0.0730. The Morgan fingerprint density at radius 3 is 3.23 bits per heavy atom. The Morgan fingerprint density at radius 1 is 1.50 bits per heavy atom. The average Bonchev–Trinajstić information content (AvgIpc) is 3.26. The van der Waals surface area contributed by atoms with Crippen molar-refractivity contribution in [3.05, 3.63) is 41.5 Å². The summed E-state index contributed by atoms with van der Waals surface area (Å²) in [4.78, 5) is 18.8. The van der Waals surface area contributed by atoms with Gasteiger partial charge in [0.05, 0.1) is 12.6 Å². The zero-order valence-corrected chi connectivity index (χ0v) is 11.9. The highest BCUT2D eigenvalue weighted by Crippen LogP contribution is 2.30. The molecule has 3 heterocycles. The summed E-state index contributed by atoms with van der Waals surface area (Å²) in [6.07, 6.45) is 3.27. The Hall–Kier alpha value is -2.19. The van der Waals surface area contributed by atoms with Crippen LogP contribution in [-0.4, -0.2) is 44.7 Å². The van der Waals surface area contributed by atoms with Crippen LogP contribution in [0, 0.1) is 0 Å². The molecule has 0 bridgehead atoms. The van der Waals surface area contributed by atoms with Gasteiger partial charge in [0.2, 0.25) is 0 Å². The number of hydrogen-bond donors (Lipinski definition) is 2. The van der Waals surface area contributed by atoms with Crippen LogP contribution in [0.4, 0.5) is 0 Å². The van der Waals surface area contributed by atoms with Crippen LogP contribution in [0.25, 0.3) is 0 Å². The highest BCUT2D eigenvalue weighted by atomic mass is 16.5. The minimum Gasteiger partial charge on any atom is -0.423 e. The molecule has 7 nitrogen and oxygen atoms in total. The smallest absolute Gasteiger partial charge is 0.423 e. The summed E-state index contributed by atoms with van der Waals surface area (Å²) in [6.45, 7) is 1.08. The predicted molar refractivity (Wildman–Crippen MR) is 78.2 cm³/mol. The molecule has 0 radical (unpaired) electrons. The van der Waals surface area contributed by atoms with E-state index in [1.165, 1.54) is 6.33 Å². The second-order valence-electron chi connectivity index (χ2n) is 5.60. The maximum absolute atomic E-state index is 12.8. The van der Waals surface area contributed by atoms with E-state index in [4.69, 9.17) is 4.65 Å². The largest absolute Gasteiger partial charge is 0.491 e. The number of benzene rings is 1. The molecule has 1 fully saturated rings. The molecule has 0 unspecified atom stereocenters. The Bertz CT molecular complexity index is 706. The number of aromatic nitrogens is 3. The molecule has 1 atom stereocenters. The van der Waals surface area contributed by atoms with Gasteiger partial charge in [0.15, 0.2) is 0 Å². The van der Waals surface area contributed by atoms with E-state index in [9.17, 15) is 9.82 Å². The molecule has 2 aromatic rings. The molecular formula is C14H15BN4O3. The van der Waals surface area contributed by atoms with E-state index in [2.05, 4.69) is 15.2 Å². The van der Waals surface area contributed by atoms with E-state index in [0.717, 1.165) is 24.2 Å². The van der Waals surface area contributed by atoms with Crippen LogP contribution in [-0.2, 0) is 11.3 Å². The minimum absolute atomic E-state index is 0.0548. The summed E-state index contributed by atoms with van der Waals surface area (Å²) in [5.74, 6) is 0.663. The molecule has 1 aromatic heterocycles. The highest BCUT2D eigenvalue weighted by molar-refractivity contribution is 6.61. The molecule has 2 aliphatic rings. The standard InChI is InChI=1S/C14H15BN4O3/c20-14(9-3-4-10-7-22-15(21)11(10)6-9)19-5-1-2-12(19)13-16-8-17-18-13/h3-4,6,8,12,21H,1-2,5,7H2,(H,16,17,18)/t12-/m0/s1. The molecule has 1 saturated heterocycles. The number of nitrogens with one attached hydrogen (secondary N) is 1. The van der Waals surface area contributed by atoms with Gasteiger partial charge >= 0.3 is 7.12 Å². The quantitative estimate of drug-likeness (QED) is 0.762. The van der Waals surface area contributed by atoms with E-state index in [1.54, 1.807) is 12.1 Å². The van der Waals surface area contributed by atoms with E-state index >= 15 is 0 Å². The molecule has 0 spiro atoms. The molecule has 2 N–H and O–H groups in total. The van der Waals surface area contributed by atoms with Crippen LogP contribution in [0.5, 0.6) is 0 Å². The molecule has 22 heavy (non-hydrogen) atoms. The number of aromatic amines is 1. The predicted octanol–water partition coefficient (Wildman–Crippen LogP) is -0.000300. The first-order chi connectivity index (χ1) is 10.7. The lowest BCUT2D eigenvalue weighted by atomic mass is 9.78. The van der Waals surface area contributed by atoms with Crippen molar-refractivity contribution in [1.82, 2.24) is 20.1 Å². The highest BCUT2D eigenvalue weighted by Gasteiger charge is 2.34. The lowest BCUT2D eigenvalue weighted by Crippen LogP contribution is -2.33. The topological polar surface area (TPSA) is 91.3 Å². The van der Waals surface area contributed by atoms with Gasteiger partial charge in [-0.15, -0.1) is 0 Å². The molecule has 0 saturated carbocycles. The number of likely N-dealkylation sites (tertiary alicyclic amines) is 1. The number of carbonyl (C=O) groups is 1. The summed E-state index contributed by atoms with van der Waals surface area (Å²) < 4.78 is 5.17. The molecule has 2 aliphatic heterocycles. The molecule has 8 heteroatoms. The second-order valence-corrected chi connectivity index (χ2v) is 5.60. The number of amides is 1. The zero-order valence-electron chi connectivity index (χ0n) is 11.9. The fourth-order valence-electron chi connectivity index (χ4n) is 3.18. The van der Waals surface area contributed by atoms with Crippen LogP contribution in [0.15, 0.2) is 24.5 Å². The van der Waals surface area contributed by atoms with E-state index < -0.39 is 7.12 Å². The Labute approximate surface area is 127 Å². The van der Waals surface area contributed by atoms with Crippen molar-refractivity contribution in [2.75, 3.05) is 6.54 Å². The molecule has 112 valence electrons. The monoisotopic (exact) mass is 298 g/mol. The van der Waals surface area contributed by atoms with Gasteiger partial charge in [-0.3, -0.25) is 9.89 Å². The van der Waals surface area contributed by atoms with Crippen molar-refractivity contribution >= 4 is 18.5 Å². The summed E-state index contributed by atoms with van der Waals surface area (Å²) in [6, 6.07) is 5.30. The molecule has 1 aromatic carbocycles. The normalized spacial score (nSPS) is 20.5. The third kappa shape index (κ3) is 2.11. The van der Waals surface area contributed by atoms with Gasteiger partial charge in [-0.05, 0) is 36.0 Å². The van der Waals surface area contributed by atoms with Crippen LogP contribution in [0.2, 0.25) is 0 Å². The van der Waals surface area contributed by atoms with Gasteiger partial charge in [-0.1, -0.05) is 6.07 Å². The Morgan fingerprint density at radius 2 is 2.41 bits per heavy atom. The second kappa shape index (κ2) is 5.22. The summed E-state index contributed by atoms with van der Waals surface area (Å²) in [7, 11) is -0.939. The van der Waals surface area contributed by atoms with E-state index in [-0.39, 0.29) is 11.9 Å². The first-order valence-corrected chi connectivity index (χ1v) is 7.33. The SMILES string of the molecule is O=C(c1ccc2c(c1)B(O)OC2)N1CCC[C@H]1c1ncn[nH]1. The fourth-order valence-corrected chi connectivity index (χ4v) is 3.18. The van der Waals surface area contributed by atoms with Crippen LogP contribution < -0.4 is 5.46 Å². The molecule has 1 amide bonds. The van der Waals surface area contributed by atoms with E-state index in [0.29, 0.717) is 24.2 Å². The first-order valence-electron chi connectivity index (χ1n) is 7.33. The van der Waals surface area contributed by atoms with Gasteiger partial charge < -0.3 is 14.6 Å². The van der Waals surface area contributed by atoms with Crippen molar-refractivity contribution in [3.63, 3.8) is 0 Å². The third-order valence-corrected chi connectivity index (χ3v) is 4.32. The van der Waals surface area contributed by atoms with Gasteiger partial charge in [0.25, 0.3) is 5.91 Å². The lowest BCUT2D eigenvalue weighted by Gasteiger charge is -2.23. The van der Waals surface area contributed by atoms with Crippen LogP contribution in [0.3, 0.4) is 0 Å². The minimum atomic E-state index is -0.939. The number of fused-ring (bicyclic) bond motifs is 1. The molecular weight excluding hydrogens is 283 g/mol. The van der Waals surface area contributed by atoms with Crippen molar-refractivity contribution in [2.45, 2.75) is 25.5 Å². The van der Waals surface area contributed by atoms with Crippen molar-refractivity contribution < 1.29 is 14.5 Å². The van der Waals surface area contributed by atoms with Crippen LogP contribution in [0.1, 0.15) is 40.6 Å². The molecule has 0 aliphatic carbocycles. The maximum atomic E-state index is 12.8. The summed E-state index contributed by atoms with van der Waals surface area (Å²) in [5.41, 5.74) is 2.17. The Balaban J connectivity index is 1.63. The van der Waals surface area contributed by atoms with Crippen molar-refractivity contribution in [1.29, 1.82) is 0 Å². The number of rotatable bonds is 2. The number of hydrogen-bond acceptors (Lipinski definition) is 5.